The highest BCUT2D eigenvalue weighted by atomic mass is 32.2. The lowest BCUT2D eigenvalue weighted by molar-refractivity contribution is -0.142. The fraction of sp³-hybridized carbons (Fsp3) is 0.619. The van der Waals surface area contributed by atoms with Gasteiger partial charge in [0.2, 0.25) is 5.91 Å². The Balaban J connectivity index is 1.16. The molecule has 284 valence electrons. The van der Waals surface area contributed by atoms with E-state index >= 15 is 4.79 Å². The SMILES string of the molecule is COc1ccc2c(c1)C1CC1(C(=O)N1CCCCC3CN(CC4CC4)CCC31)Cn1c-2c(C2CCCCC2)c2ccc(C(=O)NS(=O)(=O)N(C)C)cc21. The minimum atomic E-state index is -3.97. The van der Waals surface area contributed by atoms with Gasteiger partial charge >= 0.3 is 10.2 Å². The number of hydrogen-bond acceptors (Lipinski definition) is 6. The fourth-order valence-electron chi connectivity index (χ4n) is 10.7. The second-order valence-corrected chi connectivity index (χ2v) is 19.2. The van der Waals surface area contributed by atoms with Crippen LogP contribution in [0.2, 0.25) is 0 Å². The first-order valence-electron chi connectivity index (χ1n) is 20.2. The van der Waals surface area contributed by atoms with Crippen LogP contribution in [0.15, 0.2) is 36.4 Å². The van der Waals surface area contributed by atoms with Gasteiger partial charge in [0.1, 0.15) is 5.75 Å². The Bertz CT molecular complexity index is 2050. The van der Waals surface area contributed by atoms with Crippen molar-refractivity contribution in [3.8, 4) is 17.0 Å². The highest BCUT2D eigenvalue weighted by Crippen LogP contribution is 2.66. The summed E-state index contributed by atoms with van der Waals surface area (Å²) < 4.78 is 36.8. The molecule has 2 aromatic carbocycles. The van der Waals surface area contributed by atoms with E-state index in [1.54, 1.807) is 13.2 Å². The number of amides is 2. The highest BCUT2D eigenvalue weighted by Gasteiger charge is 2.64. The lowest BCUT2D eigenvalue weighted by Gasteiger charge is -2.44. The van der Waals surface area contributed by atoms with Gasteiger partial charge in [-0.2, -0.15) is 12.7 Å². The quantitative estimate of drug-likeness (QED) is 0.283. The first-order valence-corrected chi connectivity index (χ1v) is 21.6. The second-order valence-electron chi connectivity index (χ2n) is 17.3. The maximum Gasteiger partial charge on any atom is 0.303 e. The zero-order chi connectivity index (χ0) is 36.6. The molecule has 4 unspecified atom stereocenters. The van der Waals surface area contributed by atoms with Gasteiger partial charge in [-0.3, -0.25) is 9.59 Å². The van der Waals surface area contributed by atoms with Gasteiger partial charge in [-0.15, -0.1) is 0 Å². The molecule has 1 aromatic heterocycles. The summed E-state index contributed by atoms with van der Waals surface area (Å²) in [4.78, 5) is 34.0. The zero-order valence-electron chi connectivity index (χ0n) is 31.6. The van der Waals surface area contributed by atoms with E-state index in [0.29, 0.717) is 29.9 Å². The molecule has 5 fully saturated rings. The number of nitrogens with zero attached hydrogens (tertiary/aromatic N) is 4. The molecule has 2 saturated heterocycles. The Labute approximate surface area is 314 Å². The second kappa shape index (κ2) is 13.4. The molecule has 11 heteroatoms. The van der Waals surface area contributed by atoms with Gasteiger partial charge in [0.15, 0.2) is 0 Å². The molecule has 3 aliphatic heterocycles. The van der Waals surface area contributed by atoms with Crippen molar-refractivity contribution in [2.24, 2.45) is 17.3 Å². The van der Waals surface area contributed by atoms with Crippen molar-refractivity contribution in [3.05, 3.63) is 53.1 Å². The molecule has 10 nitrogen and oxygen atoms in total. The number of hydrogen-bond donors (Lipinski definition) is 1. The number of likely N-dealkylation sites (tertiary alicyclic amines) is 2. The van der Waals surface area contributed by atoms with Gasteiger partial charge in [-0.05, 0) is 111 Å². The standard InChI is InChI=1S/C42H55N5O5S/c1-44(2)53(50,51)43-40(48)29-14-16-33-37(21-29)47-26-42(41(49)46-19-8-7-11-30-25-45(20-18-36(30)46)24-27-12-13-27)23-35(42)34-22-31(52-3)15-17-32(34)39(47)38(33)28-9-5-4-6-10-28/h14-17,21-22,27-28,30,35-36H,4-13,18-20,23-26H2,1-3H3,(H,43,48). The summed E-state index contributed by atoms with van der Waals surface area (Å²) >= 11 is 0. The van der Waals surface area contributed by atoms with Crippen LogP contribution in [0.25, 0.3) is 22.2 Å². The van der Waals surface area contributed by atoms with Crippen molar-refractivity contribution in [1.29, 1.82) is 0 Å². The third-order valence-corrected chi connectivity index (χ3v) is 15.2. The zero-order valence-corrected chi connectivity index (χ0v) is 32.4. The summed E-state index contributed by atoms with van der Waals surface area (Å²) in [6.45, 7) is 4.75. The van der Waals surface area contributed by atoms with Crippen LogP contribution in [0.4, 0.5) is 0 Å². The van der Waals surface area contributed by atoms with E-state index < -0.39 is 21.5 Å². The number of aromatic nitrogens is 1. The monoisotopic (exact) mass is 741 g/mol. The molecule has 3 aromatic rings. The molecule has 4 heterocycles. The van der Waals surface area contributed by atoms with Gasteiger partial charge in [-0.25, -0.2) is 4.72 Å². The fourth-order valence-corrected chi connectivity index (χ4v) is 11.2. The molecule has 53 heavy (non-hydrogen) atoms. The van der Waals surface area contributed by atoms with Crippen molar-refractivity contribution in [2.75, 3.05) is 47.4 Å². The highest BCUT2D eigenvalue weighted by molar-refractivity contribution is 7.87. The molecule has 9 rings (SSSR count). The van der Waals surface area contributed by atoms with Crippen molar-refractivity contribution >= 4 is 32.9 Å². The molecule has 6 aliphatic rings. The van der Waals surface area contributed by atoms with E-state index in [2.05, 4.69) is 31.2 Å². The average molecular weight is 742 g/mol. The summed E-state index contributed by atoms with van der Waals surface area (Å²) in [6.07, 6.45) is 13.8. The lowest BCUT2D eigenvalue weighted by atomic mass is 9.81. The maximum absolute atomic E-state index is 15.5. The third kappa shape index (κ3) is 6.18. The number of fused-ring (bicyclic) bond motifs is 8. The van der Waals surface area contributed by atoms with Crippen LogP contribution in [-0.2, 0) is 21.5 Å². The molecular weight excluding hydrogens is 687 g/mol. The van der Waals surface area contributed by atoms with Crippen LogP contribution < -0.4 is 9.46 Å². The summed E-state index contributed by atoms with van der Waals surface area (Å²) in [5.41, 5.74) is 5.40. The Hall–Kier alpha value is -3.41. The van der Waals surface area contributed by atoms with Crippen LogP contribution in [0, 0.1) is 17.3 Å². The van der Waals surface area contributed by atoms with E-state index in [0.717, 1.165) is 89.9 Å². The molecule has 0 bridgehead atoms. The molecular formula is C42H55N5O5S. The molecule has 3 aliphatic carbocycles. The molecule has 3 saturated carbocycles. The van der Waals surface area contributed by atoms with Gasteiger partial charge in [0, 0.05) is 80.8 Å². The number of rotatable bonds is 8. The normalized spacial score (nSPS) is 27.6. The summed E-state index contributed by atoms with van der Waals surface area (Å²) in [6, 6.07) is 12.3. The number of piperidine rings is 1. The van der Waals surface area contributed by atoms with Gasteiger partial charge in [0.25, 0.3) is 5.91 Å². The van der Waals surface area contributed by atoms with Gasteiger partial charge in [-0.1, -0.05) is 31.7 Å². The first kappa shape index (κ1) is 35.3. The molecule has 0 spiro atoms. The minimum Gasteiger partial charge on any atom is -0.497 e. The molecule has 2 amide bonds. The number of methoxy groups -OCH3 is 1. The maximum atomic E-state index is 15.5. The van der Waals surface area contributed by atoms with Crippen molar-refractivity contribution in [3.63, 3.8) is 0 Å². The van der Waals surface area contributed by atoms with Crippen LogP contribution in [0.1, 0.15) is 110 Å². The Morgan fingerprint density at radius 3 is 2.49 bits per heavy atom. The van der Waals surface area contributed by atoms with Gasteiger partial charge < -0.3 is 19.1 Å². The van der Waals surface area contributed by atoms with Crippen molar-refractivity contribution in [2.45, 2.75) is 101 Å². The predicted octanol–water partition coefficient (Wildman–Crippen LogP) is 6.50. The smallest absolute Gasteiger partial charge is 0.303 e. The van der Waals surface area contributed by atoms with Crippen molar-refractivity contribution < 1.29 is 22.7 Å². The Morgan fingerprint density at radius 1 is 0.943 bits per heavy atom. The van der Waals surface area contributed by atoms with Crippen LogP contribution in [0.5, 0.6) is 5.75 Å². The summed E-state index contributed by atoms with van der Waals surface area (Å²) in [5.74, 6) is 2.26. The van der Waals surface area contributed by atoms with E-state index in [1.165, 1.54) is 76.7 Å². The van der Waals surface area contributed by atoms with E-state index in [-0.39, 0.29) is 12.0 Å². The minimum absolute atomic E-state index is 0.0719. The Kier molecular flexibility index (Phi) is 8.93. The number of nitrogens with one attached hydrogen (secondary N) is 1. The van der Waals surface area contributed by atoms with Crippen molar-refractivity contribution in [1.82, 2.24) is 23.4 Å². The topological polar surface area (TPSA) is 104 Å². The molecule has 1 N–H and O–H groups in total. The third-order valence-electron chi connectivity index (χ3n) is 13.8. The van der Waals surface area contributed by atoms with Crippen LogP contribution >= 0.6 is 0 Å². The van der Waals surface area contributed by atoms with Crippen LogP contribution in [-0.4, -0.2) is 92.3 Å². The summed E-state index contributed by atoms with van der Waals surface area (Å²) in [5, 5.41) is 1.10. The Morgan fingerprint density at radius 2 is 1.74 bits per heavy atom. The number of carbonyl (C=O) groups is 2. The summed E-state index contributed by atoms with van der Waals surface area (Å²) in [7, 11) is 0.547. The lowest BCUT2D eigenvalue weighted by Crippen LogP contribution is -2.54. The van der Waals surface area contributed by atoms with E-state index in [4.69, 9.17) is 4.74 Å². The molecule has 0 radical (unpaired) electrons. The number of ether oxygens (including phenoxy) is 1. The van der Waals surface area contributed by atoms with E-state index in [9.17, 15) is 13.2 Å². The van der Waals surface area contributed by atoms with Gasteiger partial charge in [0.05, 0.1) is 18.2 Å². The number of carbonyl (C=O) groups excluding carboxylic acids is 2. The average Bonchev–Trinajstić information content (AvgIpc) is 4.09. The largest absolute Gasteiger partial charge is 0.497 e. The van der Waals surface area contributed by atoms with E-state index in [1.807, 2.05) is 18.2 Å². The first-order chi connectivity index (χ1) is 25.6. The van der Waals surface area contributed by atoms with Crippen LogP contribution in [0.3, 0.4) is 0 Å². The number of benzene rings is 2. The molecule has 4 atom stereocenters. The predicted molar refractivity (Wildman–Crippen MR) is 206 cm³/mol.